The van der Waals surface area contributed by atoms with Crippen LogP contribution in [0.3, 0.4) is 0 Å². The van der Waals surface area contributed by atoms with Crippen LogP contribution in [0, 0.1) is 0 Å². The van der Waals surface area contributed by atoms with Crippen molar-refractivity contribution in [3.8, 4) is 0 Å². The molecule has 0 bridgehead atoms. The van der Waals surface area contributed by atoms with Gasteiger partial charge in [0.1, 0.15) is 5.60 Å². The van der Waals surface area contributed by atoms with Crippen molar-refractivity contribution >= 4 is 0 Å². The molecule has 0 fully saturated rings. The van der Waals surface area contributed by atoms with E-state index in [2.05, 4.69) is 13.0 Å². The number of hydrogen-bond donors (Lipinski definition) is 1. The zero-order valence-electron chi connectivity index (χ0n) is 16.1. The fourth-order valence-corrected chi connectivity index (χ4v) is 3.46. The molecule has 3 rings (SSSR count). The van der Waals surface area contributed by atoms with Crippen LogP contribution in [-0.4, -0.2) is 24.6 Å². The van der Waals surface area contributed by atoms with E-state index in [1.807, 2.05) is 72.8 Å². The Hall–Kier alpha value is -2.20. The lowest BCUT2D eigenvalue weighted by Gasteiger charge is -2.34. The van der Waals surface area contributed by atoms with Gasteiger partial charge in [0, 0.05) is 20.0 Å². The van der Waals surface area contributed by atoms with Crippen LogP contribution in [0.5, 0.6) is 0 Å². The number of benzene rings is 2. The highest BCUT2D eigenvalue weighted by Crippen LogP contribution is 2.38. The molecular weight excluding hydrogens is 336 g/mol. The number of rotatable bonds is 8. The minimum atomic E-state index is -1.09. The molecule has 0 radical (unpaired) electrons. The maximum atomic E-state index is 11.7. The summed E-state index contributed by atoms with van der Waals surface area (Å²) in [6.45, 7) is 2.73. The first kappa shape index (κ1) is 19.6. The average molecular weight is 364 g/mol. The first-order valence-corrected chi connectivity index (χ1v) is 9.53. The fraction of sp³-hybridized carbons (Fsp3) is 0.333. The Labute approximate surface area is 162 Å². The zero-order chi connectivity index (χ0) is 19.2. The van der Waals surface area contributed by atoms with Gasteiger partial charge in [-0.05, 0) is 29.2 Å². The van der Waals surface area contributed by atoms with Gasteiger partial charge in [-0.3, -0.25) is 0 Å². The van der Waals surface area contributed by atoms with Gasteiger partial charge in [-0.2, -0.15) is 0 Å². The van der Waals surface area contributed by atoms with Crippen molar-refractivity contribution in [2.75, 3.05) is 13.7 Å². The molecule has 1 unspecified atom stereocenters. The van der Waals surface area contributed by atoms with E-state index in [4.69, 9.17) is 9.47 Å². The third kappa shape index (κ3) is 4.38. The van der Waals surface area contributed by atoms with Crippen LogP contribution in [0.2, 0.25) is 0 Å². The maximum absolute atomic E-state index is 11.7. The average Bonchev–Trinajstić information content (AvgIpc) is 2.75. The lowest BCUT2D eigenvalue weighted by molar-refractivity contribution is -0.186. The molecule has 1 atom stereocenters. The Kier molecular flexibility index (Phi) is 6.27. The first-order valence-electron chi connectivity index (χ1n) is 9.53. The third-order valence-corrected chi connectivity index (χ3v) is 5.06. The molecule has 0 saturated carbocycles. The van der Waals surface area contributed by atoms with Gasteiger partial charge in [-0.1, -0.05) is 79.7 Å². The number of allylic oxidation sites excluding steroid dienone is 1. The van der Waals surface area contributed by atoms with Crippen molar-refractivity contribution in [3.63, 3.8) is 0 Å². The molecule has 0 aliphatic heterocycles. The highest BCUT2D eigenvalue weighted by atomic mass is 16.7. The first-order chi connectivity index (χ1) is 13.1. The van der Waals surface area contributed by atoms with E-state index in [0.29, 0.717) is 19.4 Å². The van der Waals surface area contributed by atoms with E-state index in [9.17, 15) is 5.11 Å². The van der Waals surface area contributed by atoms with E-state index in [1.54, 1.807) is 7.11 Å². The Balaban J connectivity index is 1.87. The summed E-state index contributed by atoms with van der Waals surface area (Å²) in [7, 11) is 1.67. The van der Waals surface area contributed by atoms with Gasteiger partial charge in [0.25, 0.3) is 0 Å². The van der Waals surface area contributed by atoms with E-state index in [0.717, 1.165) is 23.1 Å². The summed E-state index contributed by atoms with van der Waals surface area (Å²) in [6, 6.07) is 19.7. The number of methoxy groups -OCH3 is 1. The molecule has 3 nitrogen and oxygen atoms in total. The SMILES string of the molecule is CCCOC1(OC)C=CC(CC(O)(c2ccccc2)c2ccccc2)=CC1. The van der Waals surface area contributed by atoms with Crippen molar-refractivity contribution < 1.29 is 14.6 Å². The van der Waals surface area contributed by atoms with Gasteiger partial charge in [0.05, 0.1) is 6.61 Å². The number of ether oxygens (including phenoxy) is 2. The molecule has 3 heteroatoms. The second-order valence-electron chi connectivity index (χ2n) is 6.95. The Morgan fingerprint density at radius 3 is 2.04 bits per heavy atom. The molecule has 0 spiro atoms. The second kappa shape index (κ2) is 8.66. The molecule has 27 heavy (non-hydrogen) atoms. The largest absolute Gasteiger partial charge is 0.380 e. The van der Waals surface area contributed by atoms with E-state index < -0.39 is 11.4 Å². The molecule has 2 aromatic carbocycles. The van der Waals surface area contributed by atoms with Gasteiger partial charge in [-0.15, -0.1) is 0 Å². The van der Waals surface area contributed by atoms with E-state index in [-0.39, 0.29) is 0 Å². The van der Waals surface area contributed by atoms with Crippen LogP contribution in [-0.2, 0) is 15.1 Å². The van der Waals surface area contributed by atoms with E-state index in [1.165, 1.54) is 0 Å². The predicted molar refractivity (Wildman–Crippen MR) is 108 cm³/mol. The number of hydrogen-bond acceptors (Lipinski definition) is 3. The molecule has 2 aromatic rings. The summed E-state index contributed by atoms with van der Waals surface area (Å²) in [5.74, 6) is -0.697. The van der Waals surface area contributed by atoms with Crippen LogP contribution >= 0.6 is 0 Å². The summed E-state index contributed by atoms with van der Waals surface area (Å²) in [4.78, 5) is 0. The van der Waals surface area contributed by atoms with Gasteiger partial charge < -0.3 is 14.6 Å². The smallest absolute Gasteiger partial charge is 0.191 e. The lowest BCUT2D eigenvalue weighted by atomic mass is 9.80. The van der Waals surface area contributed by atoms with Gasteiger partial charge in [0.2, 0.25) is 0 Å². The van der Waals surface area contributed by atoms with Crippen LogP contribution in [0.25, 0.3) is 0 Å². The van der Waals surface area contributed by atoms with Gasteiger partial charge in [-0.25, -0.2) is 0 Å². The highest BCUT2D eigenvalue weighted by Gasteiger charge is 2.34. The highest BCUT2D eigenvalue weighted by molar-refractivity contribution is 5.40. The Bertz CT molecular complexity index is 740. The Morgan fingerprint density at radius 1 is 1.00 bits per heavy atom. The van der Waals surface area contributed by atoms with Crippen LogP contribution in [0.1, 0.15) is 37.3 Å². The zero-order valence-corrected chi connectivity index (χ0v) is 16.1. The minimum Gasteiger partial charge on any atom is -0.380 e. The monoisotopic (exact) mass is 364 g/mol. The molecule has 1 N–H and O–H groups in total. The van der Waals surface area contributed by atoms with Gasteiger partial charge >= 0.3 is 0 Å². The summed E-state index contributed by atoms with van der Waals surface area (Å²) in [5.41, 5.74) is 1.75. The standard InChI is InChI=1S/C24H28O3/c1-3-18-27-23(26-2)16-14-20(15-17-23)19-24(25,21-10-6-4-7-11-21)22-12-8-5-9-13-22/h4-16,25H,3,17-19H2,1-2H3. The predicted octanol–water partition coefficient (Wildman–Crippen LogP) is 4.97. The second-order valence-corrected chi connectivity index (χ2v) is 6.95. The van der Waals surface area contributed by atoms with Crippen molar-refractivity contribution in [1.82, 2.24) is 0 Å². The third-order valence-electron chi connectivity index (χ3n) is 5.06. The normalized spacial score (nSPS) is 19.7. The van der Waals surface area contributed by atoms with Crippen molar-refractivity contribution in [2.24, 2.45) is 0 Å². The fourth-order valence-electron chi connectivity index (χ4n) is 3.46. The quantitative estimate of drug-likeness (QED) is 0.672. The maximum Gasteiger partial charge on any atom is 0.191 e. The summed E-state index contributed by atoms with van der Waals surface area (Å²) >= 11 is 0. The topological polar surface area (TPSA) is 38.7 Å². The summed E-state index contributed by atoms with van der Waals surface area (Å²) in [5, 5.41) is 11.7. The van der Waals surface area contributed by atoms with E-state index >= 15 is 0 Å². The Morgan fingerprint density at radius 2 is 1.59 bits per heavy atom. The van der Waals surface area contributed by atoms with Crippen molar-refractivity contribution in [3.05, 3.63) is 95.6 Å². The van der Waals surface area contributed by atoms with Crippen LogP contribution < -0.4 is 0 Å². The molecule has 1 aliphatic rings. The molecular formula is C24H28O3. The molecule has 0 saturated heterocycles. The molecule has 1 aliphatic carbocycles. The lowest BCUT2D eigenvalue weighted by Crippen LogP contribution is -2.34. The molecule has 0 amide bonds. The van der Waals surface area contributed by atoms with Crippen molar-refractivity contribution in [1.29, 1.82) is 0 Å². The number of aliphatic hydroxyl groups is 1. The van der Waals surface area contributed by atoms with Crippen molar-refractivity contribution in [2.45, 2.75) is 37.6 Å². The van der Waals surface area contributed by atoms with Crippen LogP contribution in [0.4, 0.5) is 0 Å². The van der Waals surface area contributed by atoms with Crippen LogP contribution in [0.15, 0.2) is 84.5 Å². The summed E-state index contributed by atoms with van der Waals surface area (Å²) in [6.07, 6.45) is 8.15. The minimum absolute atomic E-state index is 0.491. The molecule has 142 valence electrons. The summed E-state index contributed by atoms with van der Waals surface area (Å²) < 4.78 is 11.5. The molecule has 0 aromatic heterocycles. The molecule has 0 heterocycles. The van der Waals surface area contributed by atoms with Gasteiger partial charge in [0.15, 0.2) is 5.79 Å².